The molecule has 17 heavy (non-hydrogen) atoms. The van der Waals surface area contributed by atoms with E-state index in [2.05, 4.69) is 43.0 Å². The molecule has 1 aromatic rings. The summed E-state index contributed by atoms with van der Waals surface area (Å²) in [5.41, 5.74) is 9.11. The van der Waals surface area contributed by atoms with Gasteiger partial charge in [0.15, 0.2) is 0 Å². The first-order chi connectivity index (χ1) is 8.04. The Kier molecular flexibility index (Phi) is 3.08. The topological polar surface area (TPSA) is 53.0 Å². The highest BCUT2D eigenvalue weighted by molar-refractivity contribution is 5.55. The largest absolute Gasteiger partial charge is 0.368 e. The van der Waals surface area contributed by atoms with E-state index in [1.807, 2.05) is 0 Å². The molecular formula is C14H19N3. The predicted octanol–water partition coefficient (Wildman–Crippen LogP) is 2.12. The van der Waals surface area contributed by atoms with Crippen molar-refractivity contribution in [2.75, 3.05) is 18.0 Å². The lowest BCUT2D eigenvalue weighted by Crippen LogP contribution is -2.53. The van der Waals surface area contributed by atoms with Gasteiger partial charge in [-0.05, 0) is 38.3 Å². The molecule has 3 nitrogen and oxygen atoms in total. The maximum Gasteiger partial charge on any atom is 0.121 e. The van der Waals surface area contributed by atoms with Crippen molar-refractivity contribution < 1.29 is 0 Å². The lowest BCUT2D eigenvalue weighted by Gasteiger charge is -2.38. The highest BCUT2D eigenvalue weighted by Gasteiger charge is 2.32. The summed E-state index contributed by atoms with van der Waals surface area (Å²) in [6, 6.07) is 8.67. The fourth-order valence-electron chi connectivity index (χ4n) is 2.54. The number of rotatable bonds is 1. The number of hydrogen-bond donors (Lipinski definition) is 1. The summed E-state index contributed by atoms with van der Waals surface area (Å²) in [4.78, 5) is 2.24. The van der Waals surface area contributed by atoms with E-state index in [-0.39, 0.29) is 0 Å². The third-order valence-electron chi connectivity index (χ3n) is 3.44. The van der Waals surface area contributed by atoms with Crippen LogP contribution >= 0.6 is 0 Å². The number of hydrogen-bond acceptors (Lipinski definition) is 3. The molecule has 1 fully saturated rings. The SMILES string of the molecule is Cc1ccc(N2CCCC(N)(C#N)C2)c(C)c1. The summed E-state index contributed by atoms with van der Waals surface area (Å²) in [5, 5.41) is 9.13. The molecule has 0 spiro atoms. The van der Waals surface area contributed by atoms with Crippen molar-refractivity contribution in [1.82, 2.24) is 0 Å². The summed E-state index contributed by atoms with van der Waals surface area (Å²) >= 11 is 0. The Balaban J connectivity index is 2.26. The van der Waals surface area contributed by atoms with Crippen LogP contribution in [0, 0.1) is 25.2 Å². The molecule has 1 aromatic carbocycles. The van der Waals surface area contributed by atoms with E-state index in [4.69, 9.17) is 11.0 Å². The monoisotopic (exact) mass is 229 g/mol. The van der Waals surface area contributed by atoms with Crippen LogP contribution in [0.15, 0.2) is 18.2 Å². The van der Waals surface area contributed by atoms with Gasteiger partial charge in [0.2, 0.25) is 0 Å². The second-order valence-corrected chi connectivity index (χ2v) is 5.08. The molecular weight excluding hydrogens is 210 g/mol. The van der Waals surface area contributed by atoms with Crippen LogP contribution in [0.1, 0.15) is 24.0 Å². The highest BCUT2D eigenvalue weighted by Crippen LogP contribution is 2.27. The molecule has 0 bridgehead atoms. The minimum absolute atomic E-state index is 0.632. The first-order valence-corrected chi connectivity index (χ1v) is 6.06. The van der Waals surface area contributed by atoms with Crippen molar-refractivity contribution in [3.05, 3.63) is 29.3 Å². The summed E-state index contributed by atoms with van der Waals surface area (Å²) in [6.45, 7) is 5.83. The third-order valence-corrected chi connectivity index (χ3v) is 3.44. The molecule has 0 aromatic heterocycles. The molecule has 1 aliphatic heterocycles. The number of nitriles is 1. The summed E-state index contributed by atoms with van der Waals surface area (Å²) in [5.74, 6) is 0. The first kappa shape index (κ1) is 11.9. The van der Waals surface area contributed by atoms with E-state index < -0.39 is 5.54 Å². The quantitative estimate of drug-likeness (QED) is 0.802. The molecule has 3 heteroatoms. The van der Waals surface area contributed by atoms with E-state index in [0.717, 1.165) is 19.4 Å². The molecule has 90 valence electrons. The number of benzene rings is 1. The van der Waals surface area contributed by atoms with Crippen molar-refractivity contribution in [3.63, 3.8) is 0 Å². The lowest BCUT2D eigenvalue weighted by molar-refractivity contribution is 0.424. The van der Waals surface area contributed by atoms with E-state index in [1.54, 1.807) is 0 Å². The fourth-order valence-corrected chi connectivity index (χ4v) is 2.54. The Morgan fingerprint density at radius 3 is 2.82 bits per heavy atom. The van der Waals surface area contributed by atoms with Crippen molar-refractivity contribution in [3.8, 4) is 6.07 Å². The van der Waals surface area contributed by atoms with Crippen LogP contribution in [-0.4, -0.2) is 18.6 Å². The Morgan fingerprint density at radius 1 is 1.41 bits per heavy atom. The maximum absolute atomic E-state index is 9.13. The smallest absolute Gasteiger partial charge is 0.121 e. The average molecular weight is 229 g/mol. The van der Waals surface area contributed by atoms with Gasteiger partial charge in [-0.2, -0.15) is 5.26 Å². The Bertz CT molecular complexity index is 461. The van der Waals surface area contributed by atoms with Gasteiger partial charge in [-0.25, -0.2) is 0 Å². The van der Waals surface area contributed by atoms with Gasteiger partial charge < -0.3 is 10.6 Å². The van der Waals surface area contributed by atoms with Crippen LogP contribution in [-0.2, 0) is 0 Å². The van der Waals surface area contributed by atoms with E-state index >= 15 is 0 Å². The second-order valence-electron chi connectivity index (χ2n) is 5.08. The van der Waals surface area contributed by atoms with Gasteiger partial charge in [0.05, 0.1) is 6.07 Å². The van der Waals surface area contributed by atoms with E-state index in [9.17, 15) is 0 Å². The van der Waals surface area contributed by atoms with Crippen molar-refractivity contribution in [2.45, 2.75) is 32.2 Å². The van der Waals surface area contributed by atoms with Crippen molar-refractivity contribution >= 4 is 5.69 Å². The molecule has 1 saturated heterocycles. The molecule has 0 amide bonds. The Labute approximate surface area is 103 Å². The molecule has 2 N–H and O–H groups in total. The molecule has 2 rings (SSSR count). The summed E-state index contributed by atoms with van der Waals surface area (Å²) in [7, 11) is 0. The number of nitrogens with zero attached hydrogens (tertiary/aromatic N) is 2. The standard InChI is InChI=1S/C14H19N3/c1-11-4-5-13(12(2)8-11)17-7-3-6-14(16,9-15)10-17/h4-5,8H,3,6-7,10,16H2,1-2H3. The van der Waals surface area contributed by atoms with Gasteiger partial charge in [-0.1, -0.05) is 17.7 Å². The molecule has 1 atom stereocenters. The van der Waals surface area contributed by atoms with Gasteiger partial charge in [-0.15, -0.1) is 0 Å². The minimum Gasteiger partial charge on any atom is -0.368 e. The zero-order valence-electron chi connectivity index (χ0n) is 10.5. The Morgan fingerprint density at radius 2 is 2.18 bits per heavy atom. The highest BCUT2D eigenvalue weighted by atomic mass is 15.2. The average Bonchev–Trinajstić information content (AvgIpc) is 2.29. The number of piperidine rings is 1. The second kappa shape index (κ2) is 4.38. The number of aryl methyl sites for hydroxylation is 2. The summed E-state index contributed by atoms with van der Waals surface area (Å²) < 4.78 is 0. The molecule has 0 radical (unpaired) electrons. The van der Waals surface area contributed by atoms with Gasteiger partial charge in [-0.3, -0.25) is 0 Å². The Hall–Kier alpha value is -1.53. The van der Waals surface area contributed by atoms with Gasteiger partial charge >= 0.3 is 0 Å². The number of anilines is 1. The lowest BCUT2D eigenvalue weighted by atomic mass is 9.91. The van der Waals surface area contributed by atoms with Crippen LogP contribution < -0.4 is 10.6 Å². The molecule has 0 saturated carbocycles. The fraction of sp³-hybridized carbons (Fsp3) is 0.500. The van der Waals surface area contributed by atoms with Crippen molar-refractivity contribution in [2.24, 2.45) is 5.73 Å². The van der Waals surface area contributed by atoms with Gasteiger partial charge in [0, 0.05) is 18.8 Å². The van der Waals surface area contributed by atoms with Crippen LogP contribution in [0.5, 0.6) is 0 Å². The van der Waals surface area contributed by atoms with Gasteiger partial charge in [0.25, 0.3) is 0 Å². The van der Waals surface area contributed by atoms with E-state index in [0.29, 0.717) is 6.54 Å². The number of nitrogens with two attached hydrogens (primary N) is 1. The van der Waals surface area contributed by atoms with Crippen LogP contribution in [0.2, 0.25) is 0 Å². The maximum atomic E-state index is 9.13. The molecule has 1 unspecified atom stereocenters. The summed E-state index contributed by atoms with van der Waals surface area (Å²) in [6.07, 6.45) is 1.78. The zero-order chi connectivity index (χ0) is 12.5. The normalized spacial score (nSPS) is 24.5. The minimum atomic E-state index is -0.685. The van der Waals surface area contributed by atoms with Crippen molar-refractivity contribution in [1.29, 1.82) is 5.26 Å². The van der Waals surface area contributed by atoms with Gasteiger partial charge in [0.1, 0.15) is 5.54 Å². The first-order valence-electron chi connectivity index (χ1n) is 6.06. The molecule has 1 aliphatic rings. The van der Waals surface area contributed by atoms with E-state index in [1.165, 1.54) is 16.8 Å². The van der Waals surface area contributed by atoms with Crippen LogP contribution in [0.25, 0.3) is 0 Å². The molecule has 0 aliphatic carbocycles. The van der Waals surface area contributed by atoms with Crippen LogP contribution in [0.3, 0.4) is 0 Å². The predicted molar refractivity (Wildman–Crippen MR) is 69.9 cm³/mol. The zero-order valence-corrected chi connectivity index (χ0v) is 10.5. The third kappa shape index (κ3) is 2.42. The van der Waals surface area contributed by atoms with Crippen LogP contribution in [0.4, 0.5) is 5.69 Å². The molecule has 1 heterocycles.